The van der Waals surface area contributed by atoms with Crippen LogP contribution in [0.1, 0.15) is 21.6 Å². The zero-order valence-electron chi connectivity index (χ0n) is 14.0. The zero-order valence-corrected chi connectivity index (χ0v) is 15.5. The van der Waals surface area contributed by atoms with E-state index in [4.69, 9.17) is 23.2 Å². The first-order chi connectivity index (χ1) is 12.4. The predicted octanol–water partition coefficient (Wildman–Crippen LogP) is 2.84. The van der Waals surface area contributed by atoms with Crippen molar-refractivity contribution in [3.05, 3.63) is 73.7 Å². The average Bonchev–Trinajstić information content (AvgIpc) is 2.99. The van der Waals surface area contributed by atoms with Crippen molar-refractivity contribution in [3.8, 4) is 5.82 Å². The fraction of sp³-hybridized carbons (Fsp3) is 0.176. The number of hydrogen-bond donors (Lipinski definition) is 1. The molecule has 3 rings (SSSR count). The predicted molar refractivity (Wildman–Crippen MR) is 99.0 cm³/mol. The molecule has 0 bridgehead atoms. The lowest BCUT2D eigenvalue weighted by Gasteiger charge is -2.18. The molecule has 3 aromatic rings. The van der Waals surface area contributed by atoms with Crippen LogP contribution >= 0.6 is 23.2 Å². The molecule has 1 amide bonds. The van der Waals surface area contributed by atoms with Crippen LogP contribution in [0, 0.1) is 6.92 Å². The van der Waals surface area contributed by atoms with E-state index in [2.05, 4.69) is 15.3 Å². The molecule has 26 heavy (non-hydrogen) atoms. The number of carbonyl (C=O) groups is 1. The molecule has 1 aromatic carbocycles. The second kappa shape index (κ2) is 7.31. The molecular formula is C17H15Cl2N5O2. The van der Waals surface area contributed by atoms with E-state index < -0.39 is 0 Å². The van der Waals surface area contributed by atoms with Gasteiger partial charge in [-0.05, 0) is 30.7 Å². The number of rotatable bonds is 4. The van der Waals surface area contributed by atoms with Gasteiger partial charge in [-0.25, -0.2) is 9.78 Å². The average molecular weight is 392 g/mol. The SMILES string of the molecule is Cc1c(C(=O)N(C)Cc2ccc(Cl)cc2Cl)cnn1-c1ccc(=O)[nH]n1. The topological polar surface area (TPSA) is 83.9 Å². The molecule has 0 fully saturated rings. The smallest absolute Gasteiger partial charge is 0.264 e. The van der Waals surface area contributed by atoms with E-state index in [1.165, 1.54) is 23.0 Å². The van der Waals surface area contributed by atoms with Crippen LogP contribution in [0.3, 0.4) is 0 Å². The molecule has 0 aliphatic heterocycles. The molecule has 0 aliphatic carbocycles. The number of nitrogens with one attached hydrogen (secondary N) is 1. The van der Waals surface area contributed by atoms with Crippen molar-refractivity contribution in [3.63, 3.8) is 0 Å². The van der Waals surface area contributed by atoms with Crippen molar-refractivity contribution in [2.24, 2.45) is 0 Å². The fourth-order valence-corrected chi connectivity index (χ4v) is 2.96. The Labute approximate surface area is 159 Å². The molecular weight excluding hydrogens is 377 g/mol. The van der Waals surface area contributed by atoms with Gasteiger partial charge in [0.2, 0.25) is 0 Å². The summed E-state index contributed by atoms with van der Waals surface area (Å²) in [5.41, 5.74) is 1.53. The second-order valence-electron chi connectivity index (χ2n) is 5.73. The Morgan fingerprint density at radius 3 is 2.69 bits per heavy atom. The van der Waals surface area contributed by atoms with E-state index in [0.717, 1.165) is 5.56 Å². The Morgan fingerprint density at radius 2 is 2.04 bits per heavy atom. The molecule has 134 valence electrons. The lowest BCUT2D eigenvalue weighted by molar-refractivity contribution is 0.0784. The Morgan fingerprint density at radius 1 is 1.27 bits per heavy atom. The maximum atomic E-state index is 12.8. The van der Waals surface area contributed by atoms with Gasteiger partial charge in [0.25, 0.3) is 11.5 Å². The minimum Gasteiger partial charge on any atom is -0.337 e. The normalized spacial score (nSPS) is 10.8. The number of amides is 1. The summed E-state index contributed by atoms with van der Waals surface area (Å²) in [5, 5.41) is 11.5. The van der Waals surface area contributed by atoms with Crippen LogP contribution in [-0.2, 0) is 6.54 Å². The highest BCUT2D eigenvalue weighted by molar-refractivity contribution is 6.35. The van der Waals surface area contributed by atoms with Crippen LogP contribution in [0.5, 0.6) is 0 Å². The van der Waals surface area contributed by atoms with Gasteiger partial charge in [-0.15, -0.1) is 0 Å². The van der Waals surface area contributed by atoms with Gasteiger partial charge in [0.1, 0.15) is 0 Å². The van der Waals surface area contributed by atoms with Crippen LogP contribution in [-0.4, -0.2) is 37.8 Å². The number of aromatic amines is 1. The number of benzene rings is 1. The minimum atomic E-state index is -0.311. The van der Waals surface area contributed by atoms with Gasteiger partial charge in [-0.1, -0.05) is 29.3 Å². The van der Waals surface area contributed by atoms with Gasteiger partial charge in [-0.2, -0.15) is 10.2 Å². The molecule has 0 atom stereocenters. The number of aromatic nitrogens is 4. The van der Waals surface area contributed by atoms with Crippen LogP contribution in [0.15, 0.2) is 41.3 Å². The van der Waals surface area contributed by atoms with Crippen molar-refractivity contribution in [1.29, 1.82) is 0 Å². The molecule has 0 unspecified atom stereocenters. The summed E-state index contributed by atoms with van der Waals surface area (Å²) in [6.45, 7) is 2.09. The van der Waals surface area contributed by atoms with Crippen molar-refractivity contribution < 1.29 is 4.79 Å². The Kier molecular flexibility index (Phi) is 5.11. The standard InChI is InChI=1S/C17H15Cl2N5O2/c1-10-13(8-20-24(10)15-5-6-16(25)22-21-15)17(26)23(2)9-11-3-4-12(18)7-14(11)19/h3-8H,9H2,1-2H3,(H,22,25). The molecule has 9 heteroatoms. The van der Waals surface area contributed by atoms with E-state index >= 15 is 0 Å². The summed E-state index contributed by atoms with van der Waals surface area (Å²) in [7, 11) is 1.68. The molecule has 0 aliphatic rings. The molecule has 0 saturated heterocycles. The summed E-state index contributed by atoms with van der Waals surface area (Å²) >= 11 is 12.1. The summed E-state index contributed by atoms with van der Waals surface area (Å²) in [5.74, 6) is 0.216. The molecule has 2 aromatic heterocycles. The third kappa shape index (κ3) is 3.63. The van der Waals surface area contributed by atoms with Gasteiger partial charge in [0.15, 0.2) is 5.82 Å². The first-order valence-corrected chi connectivity index (χ1v) is 8.42. The van der Waals surface area contributed by atoms with Crippen molar-refractivity contribution in [2.45, 2.75) is 13.5 Å². The van der Waals surface area contributed by atoms with Gasteiger partial charge >= 0.3 is 0 Å². The highest BCUT2D eigenvalue weighted by atomic mass is 35.5. The zero-order chi connectivity index (χ0) is 18.8. The fourth-order valence-electron chi connectivity index (χ4n) is 2.49. The molecule has 0 saturated carbocycles. The lowest BCUT2D eigenvalue weighted by atomic mass is 10.2. The monoisotopic (exact) mass is 391 g/mol. The number of halogens is 2. The number of H-pyrrole nitrogens is 1. The summed E-state index contributed by atoms with van der Waals surface area (Å²) in [6.07, 6.45) is 1.48. The van der Waals surface area contributed by atoms with Crippen LogP contribution < -0.4 is 5.56 Å². The Bertz CT molecular complexity index is 1010. The van der Waals surface area contributed by atoms with Crippen molar-refractivity contribution in [1.82, 2.24) is 24.9 Å². The van der Waals surface area contributed by atoms with Crippen molar-refractivity contribution in [2.75, 3.05) is 7.05 Å². The quantitative estimate of drug-likeness (QED) is 0.740. The van der Waals surface area contributed by atoms with E-state index in [1.54, 1.807) is 37.1 Å². The lowest BCUT2D eigenvalue weighted by Crippen LogP contribution is -2.26. The summed E-state index contributed by atoms with van der Waals surface area (Å²) in [4.78, 5) is 25.5. The van der Waals surface area contributed by atoms with Gasteiger partial charge in [-0.3, -0.25) is 9.59 Å². The van der Waals surface area contributed by atoms with Gasteiger partial charge < -0.3 is 4.90 Å². The highest BCUT2D eigenvalue weighted by Crippen LogP contribution is 2.23. The minimum absolute atomic E-state index is 0.204. The van der Waals surface area contributed by atoms with Crippen molar-refractivity contribution >= 4 is 29.1 Å². The molecule has 2 heterocycles. The van der Waals surface area contributed by atoms with Crippen LogP contribution in [0.25, 0.3) is 5.82 Å². The van der Waals surface area contributed by atoms with E-state index in [0.29, 0.717) is 33.7 Å². The Hall–Kier alpha value is -2.64. The largest absolute Gasteiger partial charge is 0.337 e. The number of hydrogen-bond acceptors (Lipinski definition) is 4. The third-order valence-corrected chi connectivity index (χ3v) is 4.48. The molecule has 1 N–H and O–H groups in total. The first-order valence-electron chi connectivity index (χ1n) is 7.67. The third-order valence-electron chi connectivity index (χ3n) is 3.89. The first kappa shape index (κ1) is 18.2. The number of nitrogens with zero attached hydrogens (tertiary/aromatic N) is 4. The molecule has 0 spiro atoms. The summed E-state index contributed by atoms with van der Waals surface area (Å²) < 4.78 is 1.49. The highest BCUT2D eigenvalue weighted by Gasteiger charge is 2.20. The Balaban J connectivity index is 1.83. The maximum absolute atomic E-state index is 12.8. The van der Waals surface area contributed by atoms with Crippen LogP contribution in [0.2, 0.25) is 10.0 Å². The number of carbonyl (C=O) groups excluding carboxylic acids is 1. The second-order valence-corrected chi connectivity index (χ2v) is 6.58. The van der Waals surface area contributed by atoms with Gasteiger partial charge in [0.05, 0.1) is 17.5 Å². The summed E-state index contributed by atoms with van der Waals surface area (Å²) in [6, 6.07) is 8.03. The molecule has 0 radical (unpaired) electrons. The van der Waals surface area contributed by atoms with E-state index in [-0.39, 0.29) is 11.5 Å². The van der Waals surface area contributed by atoms with E-state index in [1.807, 2.05) is 0 Å². The maximum Gasteiger partial charge on any atom is 0.264 e. The van der Waals surface area contributed by atoms with Crippen LogP contribution in [0.4, 0.5) is 0 Å². The van der Waals surface area contributed by atoms with Gasteiger partial charge in [0, 0.05) is 29.7 Å². The van der Waals surface area contributed by atoms with E-state index in [9.17, 15) is 9.59 Å². The molecule has 7 nitrogen and oxygen atoms in total.